The normalized spacial score (nSPS) is 9.93. The highest BCUT2D eigenvalue weighted by molar-refractivity contribution is 6.29. The van der Waals surface area contributed by atoms with Gasteiger partial charge in [-0.3, -0.25) is 0 Å². The Bertz CT molecular complexity index is 339. The molecule has 0 fully saturated rings. The molecule has 0 spiro atoms. The van der Waals surface area contributed by atoms with Crippen LogP contribution < -0.4 is 0 Å². The smallest absolute Gasteiger partial charge is 0.339 e. The summed E-state index contributed by atoms with van der Waals surface area (Å²) in [5.41, 5.74) is 1.20. The van der Waals surface area contributed by atoms with Crippen LogP contribution in [0, 0.1) is 0 Å². The van der Waals surface area contributed by atoms with Crippen LogP contribution in [0.1, 0.15) is 29.4 Å². The van der Waals surface area contributed by atoms with Gasteiger partial charge < -0.3 is 4.74 Å². The first kappa shape index (κ1) is 11.0. The summed E-state index contributed by atoms with van der Waals surface area (Å²) >= 11 is 5.74. The largest absolute Gasteiger partial charge is 0.465 e. The maximum Gasteiger partial charge on any atom is 0.339 e. The number of hydrogen-bond donors (Lipinski definition) is 0. The highest BCUT2D eigenvalue weighted by Crippen LogP contribution is 2.14. The summed E-state index contributed by atoms with van der Waals surface area (Å²) in [4.78, 5) is 15.4. The zero-order valence-electron chi connectivity index (χ0n) is 8.21. The summed E-state index contributed by atoms with van der Waals surface area (Å²) in [6, 6.07) is 3.24. The lowest BCUT2D eigenvalue weighted by molar-refractivity contribution is 0.0599. The molecule has 1 rings (SSSR count). The Kier molecular flexibility index (Phi) is 3.89. The fraction of sp³-hybridized carbons (Fsp3) is 0.400. The molecule has 0 amide bonds. The Morgan fingerprint density at radius 1 is 1.57 bits per heavy atom. The van der Waals surface area contributed by atoms with Gasteiger partial charge in [-0.05, 0) is 18.6 Å². The number of carbonyl (C=O) groups excluding carboxylic acids is 1. The van der Waals surface area contributed by atoms with Crippen LogP contribution in [0.15, 0.2) is 12.1 Å². The SMILES string of the molecule is CCCc1nc(Cl)ccc1C(=O)OC. The van der Waals surface area contributed by atoms with Gasteiger partial charge in [0.25, 0.3) is 0 Å². The molecule has 0 atom stereocenters. The van der Waals surface area contributed by atoms with Gasteiger partial charge in [-0.1, -0.05) is 24.9 Å². The van der Waals surface area contributed by atoms with E-state index in [-0.39, 0.29) is 5.97 Å². The number of rotatable bonds is 3. The van der Waals surface area contributed by atoms with Gasteiger partial charge in [-0.15, -0.1) is 0 Å². The van der Waals surface area contributed by atoms with Gasteiger partial charge in [0.1, 0.15) is 5.15 Å². The number of aromatic nitrogens is 1. The summed E-state index contributed by atoms with van der Waals surface area (Å²) in [7, 11) is 1.35. The quantitative estimate of drug-likeness (QED) is 0.572. The first-order chi connectivity index (χ1) is 6.69. The van der Waals surface area contributed by atoms with Gasteiger partial charge in [-0.25, -0.2) is 9.78 Å². The maximum absolute atomic E-state index is 11.3. The minimum Gasteiger partial charge on any atom is -0.465 e. The zero-order chi connectivity index (χ0) is 10.6. The molecule has 0 saturated carbocycles. The van der Waals surface area contributed by atoms with Crippen LogP contribution in [0.4, 0.5) is 0 Å². The molecule has 3 nitrogen and oxygen atoms in total. The molecule has 14 heavy (non-hydrogen) atoms. The van der Waals surface area contributed by atoms with Gasteiger partial charge in [0.15, 0.2) is 0 Å². The van der Waals surface area contributed by atoms with Crippen molar-refractivity contribution in [3.8, 4) is 0 Å². The molecule has 0 aliphatic carbocycles. The lowest BCUT2D eigenvalue weighted by atomic mass is 10.1. The van der Waals surface area contributed by atoms with Gasteiger partial charge in [0, 0.05) is 0 Å². The molecule has 0 N–H and O–H groups in total. The topological polar surface area (TPSA) is 39.2 Å². The average Bonchev–Trinajstić information content (AvgIpc) is 2.17. The van der Waals surface area contributed by atoms with Crippen molar-refractivity contribution in [1.29, 1.82) is 0 Å². The van der Waals surface area contributed by atoms with Crippen LogP contribution in [0.3, 0.4) is 0 Å². The number of pyridine rings is 1. The third kappa shape index (κ3) is 2.45. The highest BCUT2D eigenvalue weighted by atomic mass is 35.5. The second-order valence-electron chi connectivity index (χ2n) is 2.87. The molecular weight excluding hydrogens is 202 g/mol. The van der Waals surface area contributed by atoms with E-state index in [0.717, 1.165) is 12.8 Å². The predicted molar refractivity (Wildman–Crippen MR) is 54.6 cm³/mol. The van der Waals surface area contributed by atoms with Crippen molar-refractivity contribution in [1.82, 2.24) is 4.98 Å². The summed E-state index contributed by atoms with van der Waals surface area (Å²) in [6.45, 7) is 2.02. The first-order valence-electron chi connectivity index (χ1n) is 4.42. The van der Waals surface area contributed by atoms with Crippen LogP contribution >= 0.6 is 11.6 Å². The van der Waals surface area contributed by atoms with Crippen molar-refractivity contribution in [3.05, 3.63) is 28.5 Å². The molecule has 0 aliphatic heterocycles. The van der Waals surface area contributed by atoms with E-state index in [9.17, 15) is 4.79 Å². The molecular formula is C10H12ClNO2. The van der Waals surface area contributed by atoms with Crippen LogP contribution in [-0.2, 0) is 11.2 Å². The number of hydrogen-bond acceptors (Lipinski definition) is 3. The van der Waals surface area contributed by atoms with Crippen LogP contribution in [0.25, 0.3) is 0 Å². The molecule has 0 unspecified atom stereocenters. The average molecular weight is 214 g/mol. The van der Waals surface area contributed by atoms with Crippen molar-refractivity contribution >= 4 is 17.6 Å². The number of halogens is 1. The maximum atomic E-state index is 11.3. The minimum absolute atomic E-state index is 0.363. The molecule has 0 saturated heterocycles. The predicted octanol–water partition coefficient (Wildman–Crippen LogP) is 2.47. The van der Waals surface area contributed by atoms with Crippen molar-refractivity contribution in [2.75, 3.05) is 7.11 Å². The highest BCUT2D eigenvalue weighted by Gasteiger charge is 2.12. The molecule has 1 aromatic rings. The van der Waals surface area contributed by atoms with Gasteiger partial charge >= 0.3 is 5.97 Å². The van der Waals surface area contributed by atoms with E-state index < -0.39 is 0 Å². The molecule has 0 bridgehead atoms. The Morgan fingerprint density at radius 2 is 2.29 bits per heavy atom. The fourth-order valence-corrected chi connectivity index (χ4v) is 1.36. The third-order valence-corrected chi connectivity index (χ3v) is 2.04. The van der Waals surface area contributed by atoms with Gasteiger partial charge in [0.05, 0.1) is 18.4 Å². The standard InChI is InChI=1S/C10H12ClNO2/c1-3-4-8-7(10(13)14-2)5-6-9(11)12-8/h5-6H,3-4H2,1-2H3. The van der Waals surface area contributed by atoms with E-state index in [1.54, 1.807) is 12.1 Å². The summed E-state index contributed by atoms with van der Waals surface area (Å²) in [5, 5.41) is 0.404. The van der Waals surface area contributed by atoms with E-state index in [0.29, 0.717) is 16.4 Å². The number of carbonyl (C=O) groups is 1. The Morgan fingerprint density at radius 3 is 2.86 bits per heavy atom. The van der Waals surface area contributed by atoms with E-state index in [1.807, 2.05) is 6.92 Å². The van der Waals surface area contributed by atoms with E-state index in [2.05, 4.69) is 9.72 Å². The monoisotopic (exact) mass is 213 g/mol. The van der Waals surface area contributed by atoms with Crippen molar-refractivity contribution in [2.45, 2.75) is 19.8 Å². The van der Waals surface area contributed by atoms with E-state index in [4.69, 9.17) is 11.6 Å². The first-order valence-corrected chi connectivity index (χ1v) is 4.80. The minimum atomic E-state index is -0.363. The van der Waals surface area contributed by atoms with Crippen molar-refractivity contribution in [3.63, 3.8) is 0 Å². The second kappa shape index (κ2) is 4.96. The number of aryl methyl sites for hydroxylation is 1. The summed E-state index contributed by atoms with van der Waals surface area (Å²) < 4.78 is 4.64. The Labute approximate surface area is 88.1 Å². The van der Waals surface area contributed by atoms with Crippen LogP contribution in [-0.4, -0.2) is 18.1 Å². The number of ether oxygens (including phenoxy) is 1. The number of esters is 1. The Hall–Kier alpha value is -1.09. The lowest BCUT2D eigenvalue weighted by Gasteiger charge is -2.05. The summed E-state index contributed by atoms with van der Waals surface area (Å²) in [5.74, 6) is -0.363. The molecule has 0 radical (unpaired) electrons. The number of methoxy groups -OCH3 is 1. The number of nitrogens with zero attached hydrogens (tertiary/aromatic N) is 1. The third-order valence-electron chi connectivity index (χ3n) is 1.83. The molecule has 0 aromatic carbocycles. The molecule has 1 heterocycles. The van der Waals surface area contributed by atoms with E-state index in [1.165, 1.54) is 7.11 Å². The zero-order valence-corrected chi connectivity index (χ0v) is 8.97. The van der Waals surface area contributed by atoms with Crippen molar-refractivity contribution in [2.24, 2.45) is 0 Å². The van der Waals surface area contributed by atoms with Crippen LogP contribution in [0.5, 0.6) is 0 Å². The molecule has 1 aromatic heterocycles. The van der Waals surface area contributed by atoms with Gasteiger partial charge in [-0.2, -0.15) is 0 Å². The molecule has 4 heteroatoms. The van der Waals surface area contributed by atoms with Crippen LogP contribution in [0.2, 0.25) is 5.15 Å². The fourth-order valence-electron chi connectivity index (χ4n) is 1.20. The second-order valence-corrected chi connectivity index (χ2v) is 3.26. The summed E-state index contributed by atoms with van der Waals surface area (Å²) in [6.07, 6.45) is 1.64. The van der Waals surface area contributed by atoms with Gasteiger partial charge in [0.2, 0.25) is 0 Å². The lowest BCUT2D eigenvalue weighted by Crippen LogP contribution is -2.07. The van der Waals surface area contributed by atoms with Crippen molar-refractivity contribution < 1.29 is 9.53 Å². The van der Waals surface area contributed by atoms with E-state index >= 15 is 0 Å². The molecule has 76 valence electrons. The Balaban J connectivity index is 3.07. The molecule has 0 aliphatic rings.